The number of carbonyl (C=O) groups is 2. The number of hydrogen-bond donors (Lipinski definition) is 6. The number of rotatable bonds is 40. The lowest BCUT2D eigenvalue weighted by molar-refractivity contribution is -0.220. The molecule has 14 heteroatoms. The lowest BCUT2D eigenvalue weighted by Crippen LogP contribution is -2.64. The van der Waals surface area contributed by atoms with E-state index in [9.17, 15) is 44.6 Å². The highest BCUT2D eigenvalue weighted by atomic mass is 31.2. The van der Waals surface area contributed by atoms with Crippen molar-refractivity contribution >= 4 is 19.8 Å². The summed E-state index contributed by atoms with van der Waals surface area (Å²) in [6.07, 6.45) is 35.5. The van der Waals surface area contributed by atoms with E-state index in [1.807, 2.05) is 0 Å². The minimum absolute atomic E-state index is 0.0899. The first kappa shape index (κ1) is 59.6. The van der Waals surface area contributed by atoms with E-state index in [4.69, 9.17) is 18.5 Å². The summed E-state index contributed by atoms with van der Waals surface area (Å²) < 4.78 is 33.6. The molecule has 0 spiro atoms. The third kappa shape index (κ3) is 31.5. The Morgan fingerprint density at radius 3 is 1.36 bits per heavy atom. The summed E-state index contributed by atoms with van der Waals surface area (Å²) in [7, 11) is -5.13. The van der Waals surface area contributed by atoms with Crippen LogP contribution < -0.4 is 0 Å². The number of carbonyl (C=O) groups excluding carboxylic acids is 2. The van der Waals surface area contributed by atoms with E-state index in [1.54, 1.807) is 0 Å². The van der Waals surface area contributed by atoms with Crippen LogP contribution in [0.3, 0.4) is 0 Å². The molecule has 0 aliphatic heterocycles. The van der Waals surface area contributed by atoms with Crippen LogP contribution in [0.1, 0.15) is 187 Å². The molecule has 1 rings (SSSR count). The molecular weight excluding hydrogens is 840 g/mol. The number of allylic oxidation sites excluding steroid dienone is 10. The van der Waals surface area contributed by atoms with Crippen molar-refractivity contribution in [3.05, 3.63) is 60.8 Å². The number of phosphoric ester groups is 1. The predicted octanol–water partition coefficient (Wildman–Crippen LogP) is 10.1. The number of esters is 2. The summed E-state index contributed by atoms with van der Waals surface area (Å²) in [4.78, 5) is 35.8. The second-order valence-electron chi connectivity index (χ2n) is 16.9. The van der Waals surface area contributed by atoms with Gasteiger partial charge < -0.3 is 39.9 Å². The Balaban J connectivity index is 2.45. The Bertz CT molecular complexity index is 1350. The SMILES string of the molecule is CC/C=C/C/C=C/C/C=C/C/C=C/C/C=C/CCCCCC(=O)OC[C@@H](COP(=O)(O)OC1C(O)C(O)C(O)[C@H](O)C1O)OC(=O)CCCCCCCCCCCCCCCCCC. The molecule has 0 aromatic carbocycles. The molecule has 1 aliphatic carbocycles. The molecule has 0 heterocycles. The molecular formula is C50H87O13P. The van der Waals surface area contributed by atoms with Crippen LogP contribution in [0.25, 0.3) is 0 Å². The quantitative estimate of drug-likeness (QED) is 0.0146. The monoisotopic (exact) mass is 927 g/mol. The van der Waals surface area contributed by atoms with Crippen LogP contribution in [0.4, 0.5) is 0 Å². The van der Waals surface area contributed by atoms with Crippen molar-refractivity contribution in [1.82, 2.24) is 0 Å². The van der Waals surface area contributed by atoms with Crippen LogP contribution >= 0.6 is 7.82 Å². The Kier molecular flexibility index (Phi) is 36.9. The van der Waals surface area contributed by atoms with Crippen LogP contribution in [0.2, 0.25) is 0 Å². The standard InChI is InChI=1S/C50H87O13P/c1-3-5-7-9-11-13-15-17-19-21-22-23-25-26-28-30-32-34-36-38-43(51)60-40-42(41-61-64(58,59)63-50-48(56)46(54)45(53)47(55)49(50)57)62-44(52)39-37-35-33-31-29-27-24-20-18-16-14-12-10-8-6-4-2/h5,7,11,13,17,19,22-23,26,28,42,45-50,53-57H,3-4,6,8-10,12,14-16,18,20-21,24-25,27,29-41H2,1-2H3,(H,58,59)/b7-5+,13-11+,19-17+,23-22+,28-26+/t42-,45?,46-,47?,48?,49?,50?/m0/s1. The van der Waals surface area contributed by atoms with Crippen molar-refractivity contribution in [2.24, 2.45) is 0 Å². The van der Waals surface area contributed by atoms with Gasteiger partial charge in [0.25, 0.3) is 0 Å². The average Bonchev–Trinajstić information content (AvgIpc) is 3.28. The van der Waals surface area contributed by atoms with Crippen LogP contribution in [-0.2, 0) is 32.7 Å². The molecule has 0 aromatic rings. The Morgan fingerprint density at radius 1 is 0.500 bits per heavy atom. The second-order valence-corrected chi connectivity index (χ2v) is 18.3. The number of aliphatic hydroxyl groups excluding tert-OH is 5. The number of ether oxygens (including phenoxy) is 2. The van der Waals surface area contributed by atoms with Gasteiger partial charge in [0.15, 0.2) is 6.10 Å². The molecule has 6 unspecified atom stereocenters. The lowest BCUT2D eigenvalue weighted by atomic mass is 9.85. The van der Waals surface area contributed by atoms with Gasteiger partial charge in [-0.05, 0) is 57.8 Å². The van der Waals surface area contributed by atoms with Gasteiger partial charge in [-0.2, -0.15) is 0 Å². The molecule has 0 amide bonds. The van der Waals surface area contributed by atoms with Gasteiger partial charge in [-0.15, -0.1) is 0 Å². The third-order valence-corrected chi connectivity index (χ3v) is 12.1. The number of phosphoric acid groups is 1. The molecule has 1 aliphatic rings. The van der Waals surface area contributed by atoms with Crippen molar-refractivity contribution in [3.8, 4) is 0 Å². The van der Waals surface area contributed by atoms with Crippen molar-refractivity contribution in [2.45, 2.75) is 230 Å². The van der Waals surface area contributed by atoms with Crippen LogP contribution in [0.15, 0.2) is 60.8 Å². The maximum Gasteiger partial charge on any atom is 0.472 e. The fourth-order valence-corrected chi connectivity index (χ4v) is 8.17. The second kappa shape index (κ2) is 39.7. The molecule has 0 saturated heterocycles. The van der Waals surface area contributed by atoms with Crippen LogP contribution in [0.5, 0.6) is 0 Å². The molecule has 1 fully saturated rings. The summed E-state index contributed by atoms with van der Waals surface area (Å²) in [5, 5.41) is 50.2. The van der Waals surface area contributed by atoms with E-state index in [-0.39, 0.29) is 12.8 Å². The summed E-state index contributed by atoms with van der Waals surface area (Å²) in [5.74, 6) is -1.13. The first-order chi connectivity index (χ1) is 30.9. The normalized spacial score (nSPS) is 22.1. The fourth-order valence-electron chi connectivity index (χ4n) is 7.20. The molecule has 1 saturated carbocycles. The molecule has 13 nitrogen and oxygen atoms in total. The molecule has 370 valence electrons. The zero-order valence-corrected chi connectivity index (χ0v) is 40.2. The van der Waals surface area contributed by atoms with Crippen LogP contribution in [-0.4, -0.2) is 98.3 Å². The number of aliphatic hydroxyl groups is 5. The van der Waals surface area contributed by atoms with Gasteiger partial charge in [0.05, 0.1) is 6.61 Å². The fraction of sp³-hybridized carbons (Fsp3) is 0.760. The Hall–Kier alpha value is -2.45. The molecule has 64 heavy (non-hydrogen) atoms. The average molecular weight is 927 g/mol. The Labute approximate surface area is 385 Å². The van der Waals surface area contributed by atoms with Gasteiger partial charge in [0.1, 0.15) is 43.2 Å². The summed E-state index contributed by atoms with van der Waals surface area (Å²) >= 11 is 0. The minimum Gasteiger partial charge on any atom is -0.462 e. The van der Waals surface area contributed by atoms with Crippen LogP contribution in [0, 0.1) is 0 Å². The largest absolute Gasteiger partial charge is 0.472 e. The zero-order chi connectivity index (χ0) is 47.1. The van der Waals surface area contributed by atoms with Gasteiger partial charge in [0, 0.05) is 12.8 Å². The van der Waals surface area contributed by atoms with Gasteiger partial charge >= 0.3 is 19.8 Å². The highest BCUT2D eigenvalue weighted by Crippen LogP contribution is 2.47. The van der Waals surface area contributed by atoms with E-state index in [0.29, 0.717) is 12.8 Å². The van der Waals surface area contributed by atoms with Gasteiger partial charge in [-0.25, -0.2) is 4.57 Å². The lowest BCUT2D eigenvalue weighted by Gasteiger charge is -2.41. The molecule has 6 N–H and O–H groups in total. The Morgan fingerprint density at radius 2 is 0.891 bits per heavy atom. The highest BCUT2D eigenvalue weighted by molar-refractivity contribution is 7.47. The van der Waals surface area contributed by atoms with Gasteiger partial charge in [0.2, 0.25) is 0 Å². The highest BCUT2D eigenvalue weighted by Gasteiger charge is 2.51. The third-order valence-electron chi connectivity index (χ3n) is 11.1. The first-order valence-electron chi connectivity index (χ1n) is 24.6. The summed E-state index contributed by atoms with van der Waals surface area (Å²) in [6, 6.07) is 0. The predicted molar refractivity (Wildman–Crippen MR) is 253 cm³/mol. The smallest absolute Gasteiger partial charge is 0.462 e. The van der Waals surface area contributed by atoms with Crippen molar-refractivity contribution in [1.29, 1.82) is 0 Å². The van der Waals surface area contributed by atoms with E-state index >= 15 is 0 Å². The van der Waals surface area contributed by atoms with E-state index < -0.39 is 75.7 Å². The number of hydrogen-bond acceptors (Lipinski definition) is 12. The minimum atomic E-state index is -5.13. The molecule has 0 aromatic heterocycles. The van der Waals surface area contributed by atoms with E-state index in [2.05, 4.69) is 74.6 Å². The van der Waals surface area contributed by atoms with Crippen molar-refractivity contribution in [3.63, 3.8) is 0 Å². The maximum absolute atomic E-state index is 12.8. The van der Waals surface area contributed by atoms with Gasteiger partial charge in [-0.3, -0.25) is 18.6 Å². The van der Waals surface area contributed by atoms with E-state index in [1.165, 1.54) is 70.6 Å². The zero-order valence-electron chi connectivity index (χ0n) is 39.3. The van der Waals surface area contributed by atoms with Crippen molar-refractivity contribution in [2.75, 3.05) is 13.2 Å². The van der Waals surface area contributed by atoms with Gasteiger partial charge in [-0.1, -0.05) is 177 Å². The topological polar surface area (TPSA) is 210 Å². The number of unbranched alkanes of at least 4 members (excludes halogenated alkanes) is 18. The molecule has 0 bridgehead atoms. The summed E-state index contributed by atoms with van der Waals surface area (Å²) in [6.45, 7) is 3.17. The maximum atomic E-state index is 12.8. The van der Waals surface area contributed by atoms with E-state index in [0.717, 1.165) is 77.0 Å². The molecule has 8 atom stereocenters. The molecule has 0 radical (unpaired) electrons. The summed E-state index contributed by atoms with van der Waals surface area (Å²) in [5.41, 5.74) is 0. The van der Waals surface area contributed by atoms with Crippen molar-refractivity contribution < 1.29 is 63.1 Å². The first-order valence-corrected chi connectivity index (χ1v) is 26.1.